The second kappa shape index (κ2) is 5.71. The Balaban J connectivity index is 2.49. The highest BCUT2D eigenvalue weighted by Gasteiger charge is 2.05. The maximum Gasteiger partial charge on any atom is 0.241 e. The first-order valence-corrected chi connectivity index (χ1v) is 5.01. The molecule has 0 bridgehead atoms. The Morgan fingerprint density at radius 2 is 2.38 bits per heavy atom. The van der Waals surface area contributed by atoms with Crippen molar-refractivity contribution in [1.82, 2.24) is 9.88 Å². The van der Waals surface area contributed by atoms with Crippen molar-refractivity contribution in [2.75, 3.05) is 25.5 Å². The Morgan fingerprint density at radius 1 is 1.62 bits per heavy atom. The van der Waals surface area contributed by atoms with Crippen molar-refractivity contribution in [3.63, 3.8) is 0 Å². The molecule has 0 saturated carbocycles. The van der Waals surface area contributed by atoms with E-state index in [-0.39, 0.29) is 12.5 Å². The van der Waals surface area contributed by atoms with Crippen molar-refractivity contribution >= 4 is 11.7 Å². The van der Waals surface area contributed by atoms with Crippen LogP contribution < -0.4 is 5.32 Å². The number of hydrogen-bond acceptors (Lipinski definition) is 4. The summed E-state index contributed by atoms with van der Waals surface area (Å²) in [6.45, 7) is 2.81. The Bertz CT molecular complexity index is 393. The van der Waals surface area contributed by atoms with Gasteiger partial charge in [0.25, 0.3) is 0 Å². The number of pyridine rings is 1. The molecule has 0 unspecified atom stereocenters. The average molecular weight is 218 g/mol. The van der Waals surface area contributed by atoms with E-state index in [0.29, 0.717) is 17.9 Å². The van der Waals surface area contributed by atoms with Gasteiger partial charge in [-0.1, -0.05) is 0 Å². The van der Waals surface area contributed by atoms with Crippen LogP contribution in [0, 0.1) is 11.3 Å². The Hall–Kier alpha value is -2.09. The summed E-state index contributed by atoms with van der Waals surface area (Å²) in [4.78, 5) is 17.1. The van der Waals surface area contributed by atoms with Crippen molar-refractivity contribution in [3.05, 3.63) is 23.9 Å². The van der Waals surface area contributed by atoms with E-state index in [1.165, 1.54) is 6.20 Å². The third-order valence-corrected chi connectivity index (χ3v) is 2.21. The van der Waals surface area contributed by atoms with E-state index in [1.54, 1.807) is 24.1 Å². The third kappa shape index (κ3) is 3.24. The average Bonchev–Trinajstić information content (AvgIpc) is 2.35. The Kier molecular flexibility index (Phi) is 4.28. The molecule has 0 aliphatic carbocycles. The molecule has 0 aliphatic rings. The molecule has 0 aliphatic heterocycles. The second-order valence-electron chi connectivity index (χ2n) is 3.31. The van der Waals surface area contributed by atoms with E-state index < -0.39 is 0 Å². The van der Waals surface area contributed by atoms with E-state index in [1.807, 2.05) is 13.0 Å². The number of hydrogen-bond donors (Lipinski definition) is 1. The number of nitrogens with one attached hydrogen (secondary N) is 1. The van der Waals surface area contributed by atoms with Gasteiger partial charge in [-0.15, -0.1) is 0 Å². The monoisotopic (exact) mass is 218 g/mol. The first-order chi connectivity index (χ1) is 7.67. The number of nitrogens with zero attached hydrogens (tertiary/aromatic N) is 3. The number of carbonyl (C=O) groups excluding carboxylic acids is 1. The van der Waals surface area contributed by atoms with Gasteiger partial charge in [-0.2, -0.15) is 5.26 Å². The number of anilines is 1. The molecule has 1 aromatic rings. The largest absolute Gasteiger partial charge is 0.361 e. The lowest BCUT2D eigenvalue weighted by Gasteiger charge is -2.14. The first-order valence-electron chi connectivity index (χ1n) is 5.01. The lowest BCUT2D eigenvalue weighted by Crippen LogP contribution is -2.32. The fraction of sp³-hybridized carbons (Fsp3) is 0.364. The molecule has 1 amide bonds. The molecular weight excluding hydrogens is 204 g/mol. The van der Waals surface area contributed by atoms with Gasteiger partial charge in [0, 0.05) is 19.8 Å². The molecule has 1 aromatic heterocycles. The quantitative estimate of drug-likeness (QED) is 0.813. The molecule has 0 aromatic carbocycles. The fourth-order valence-corrected chi connectivity index (χ4v) is 1.04. The summed E-state index contributed by atoms with van der Waals surface area (Å²) >= 11 is 0. The summed E-state index contributed by atoms with van der Waals surface area (Å²) in [7, 11) is 1.75. The van der Waals surface area contributed by atoms with Crippen molar-refractivity contribution in [3.8, 4) is 6.07 Å². The molecule has 0 saturated heterocycles. The highest BCUT2D eigenvalue weighted by atomic mass is 16.2. The molecule has 5 heteroatoms. The van der Waals surface area contributed by atoms with Crippen LogP contribution in [-0.2, 0) is 4.79 Å². The summed E-state index contributed by atoms with van der Waals surface area (Å²) < 4.78 is 0. The number of likely N-dealkylation sites (N-methyl/N-ethyl adjacent to an activating group) is 1. The molecular formula is C11H14N4O. The fourth-order valence-electron chi connectivity index (χ4n) is 1.04. The highest BCUT2D eigenvalue weighted by molar-refractivity contribution is 5.80. The first kappa shape index (κ1) is 12.0. The van der Waals surface area contributed by atoms with Crippen LogP contribution in [0.25, 0.3) is 0 Å². The molecule has 1 N–H and O–H groups in total. The molecule has 0 spiro atoms. The van der Waals surface area contributed by atoms with Gasteiger partial charge in [0.2, 0.25) is 5.91 Å². The molecule has 5 nitrogen and oxygen atoms in total. The van der Waals surface area contributed by atoms with E-state index >= 15 is 0 Å². The van der Waals surface area contributed by atoms with Crippen LogP contribution in [0.2, 0.25) is 0 Å². The summed E-state index contributed by atoms with van der Waals surface area (Å²) in [5.41, 5.74) is 0.502. The molecule has 0 atom stereocenters. The highest BCUT2D eigenvalue weighted by Crippen LogP contribution is 2.03. The zero-order valence-electron chi connectivity index (χ0n) is 9.40. The van der Waals surface area contributed by atoms with Crippen LogP contribution in [0.15, 0.2) is 18.3 Å². The van der Waals surface area contributed by atoms with Gasteiger partial charge in [-0.05, 0) is 19.1 Å². The van der Waals surface area contributed by atoms with Gasteiger partial charge in [0.05, 0.1) is 12.1 Å². The van der Waals surface area contributed by atoms with E-state index in [0.717, 1.165) is 0 Å². The minimum absolute atomic E-state index is 0.00802. The zero-order chi connectivity index (χ0) is 12.0. The zero-order valence-corrected chi connectivity index (χ0v) is 9.40. The maximum atomic E-state index is 11.5. The van der Waals surface area contributed by atoms with E-state index in [9.17, 15) is 4.79 Å². The van der Waals surface area contributed by atoms with Gasteiger partial charge in [-0.25, -0.2) is 4.98 Å². The van der Waals surface area contributed by atoms with Crippen LogP contribution in [0.4, 0.5) is 5.82 Å². The molecule has 84 valence electrons. The standard InChI is InChI=1S/C11H14N4O/c1-3-15(2)11(16)8-14-10-5-4-9(6-12)7-13-10/h4-5,7H,3,8H2,1-2H3,(H,13,14). The summed E-state index contributed by atoms with van der Waals surface area (Å²) in [6, 6.07) is 5.32. The maximum absolute atomic E-state index is 11.5. The van der Waals surface area contributed by atoms with E-state index in [4.69, 9.17) is 5.26 Å². The van der Waals surface area contributed by atoms with Crippen molar-refractivity contribution < 1.29 is 4.79 Å². The van der Waals surface area contributed by atoms with Crippen molar-refractivity contribution in [1.29, 1.82) is 5.26 Å². The number of rotatable bonds is 4. The van der Waals surface area contributed by atoms with Gasteiger partial charge in [0.15, 0.2) is 0 Å². The lowest BCUT2D eigenvalue weighted by molar-refractivity contribution is -0.127. The predicted octanol–water partition coefficient (Wildman–Crippen LogP) is 0.843. The normalized spacial score (nSPS) is 9.31. The molecule has 1 heterocycles. The minimum atomic E-state index is 0.00802. The SMILES string of the molecule is CCN(C)C(=O)CNc1ccc(C#N)cn1. The second-order valence-corrected chi connectivity index (χ2v) is 3.31. The predicted molar refractivity (Wildman–Crippen MR) is 60.8 cm³/mol. The summed E-state index contributed by atoms with van der Waals surface area (Å²) in [6.07, 6.45) is 1.47. The lowest BCUT2D eigenvalue weighted by atomic mass is 10.3. The van der Waals surface area contributed by atoms with Crippen molar-refractivity contribution in [2.45, 2.75) is 6.92 Å². The summed E-state index contributed by atoms with van der Waals surface area (Å²) in [5, 5.41) is 11.5. The number of amides is 1. The molecule has 0 fully saturated rings. The van der Waals surface area contributed by atoms with Crippen molar-refractivity contribution in [2.24, 2.45) is 0 Å². The Morgan fingerprint density at radius 3 is 2.88 bits per heavy atom. The third-order valence-electron chi connectivity index (χ3n) is 2.21. The van der Waals surface area contributed by atoms with Crippen LogP contribution in [0.3, 0.4) is 0 Å². The van der Waals surface area contributed by atoms with Gasteiger partial charge in [0.1, 0.15) is 11.9 Å². The minimum Gasteiger partial charge on any atom is -0.361 e. The van der Waals surface area contributed by atoms with E-state index in [2.05, 4.69) is 10.3 Å². The van der Waals surface area contributed by atoms with Gasteiger partial charge < -0.3 is 10.2 Å². The molecule has 0 radical (unpaired) electrons. The smallest absolute Gasteiger partial charge is 0.241 e. The van der Waals surface area contributed by atoms with Gasteiger partial charge >= 0.3 is 0 Å². The number of nitriles is 1. The molecule has 1 rings (SSSR count). The van der Waals surface area contributed by atoms with Gasteiger partial charge in [-0.3, -0.25) is 4.79 Å². The van der Waals surface area contributed by atoms with Crippen LogP contribution in [0.5, 0.6) is 0 Å². The number of carbonyl (C=O) groups is 1. The van der Waals surface area contributed by atoms with Crippen LogP contribution >= 0.6 is 0 Å². The Labute approximate surface area is 94.7 Å². The summed E-state index contributed by atoms with van der Waals surface area (Å²) in [5.74, 6) is 0.602. The van der Waals surface area contributed by atoms with Crippen LogP contribution in [-0.4, -0.2) is 35.9 Å². The molecule has 16 heavy (non-hydrogen) atoms. The number of aromatic nitrogens is 1. The topological polar surface area (TPSA) is 69.0 Å². The van der Waals surface area contributed by atoms with Crippen LogP contribution in [0.1, 0.15) is 12.5 Å².